The summed E-state index contributed by atoms with van der Waals surface area (Å²) in [6, 6.07) is 5.12. The van der Waals surface area contributed by atoms with Crippen LogP contribution in [0.2, 0.25) is 5.02 Å². The van der Waals surface area contributed by atoms with Gasteiger partial charge in [-0.05, 0) is 33.4 Å². The monoisotopic (exact) mass is 396 g/mol. The Bertz CT molecular complexity index is 775. The van der Waals surface area contributed by atoms with Crippen molar-refractivity contribution < 1.29 is 13.3 Å². The van der Waals surface area contributed by atoms with E-state index in [0.29, 0.717) is 4.47 Å². The van der Waals surface area contributed by atoms with Gasteiger partial charge >= 0.3 is 0 Å². The van der Waals surface area contributed by atoms with Gasteiger partial charge in [0.15, 0.2) is 4.21 Å². The molecule has 0 radical (unpaired) electrons. The highest BCUT2D eigenvalue weighted by Crippen LogP contribution is 2.32. The van der Waals surface area contributed by atoms with Crippen molar-refractivity contribution in [1.29, 1.82) is 0 Å². The number of nitrogens with one attached hydrogen (secondary N) is 1. The molecule has 0 saturated heterocycles. The van der Waals surface area contributed by atoms with Crippen LogP contribution in [0.1, 0.15) is 0 Å². The van der Waals surface area contributed by atoms with E-state index >= 15 is 0 Å². The first-order chi connectivity index (χ1) is 9.31. The maximum absolute atomic E-state index is 12.1. The highest BCUT2D eigenvalue weighted by atomic mass is 79.9. The van der Waals surface area contributed by atoms with Crippen LogP contribution < -0.4 is 4.72 Å². The Morgan fingerprint density at radius 1 is 1.35 bits per heavy atom. The summed E-state index contributed by atoms with van der Waals surface area (Å²) < 4.78 is 27.1. The zero-order chi connectivity index (χ0) is 14.9. The van der Waals surface area contributed by atoms with Gasteiger partial charge in [0.05, 0.1) is 15.6 Å². The number of thiophene rings is 1. The fraction of sp³-hybridized carbons (Fsp3) is 0. The van der Waals surface area contributed by atoms with Gasteiger partial charge in [-0.15, -0.1) is 11.3 Å². The summed E-state index contributed by atoms with van der Waals surface area (Å²) >= 11 is 10.0. The SMILES string of the molecule is O=[N+]([O-])c1ccc(NS(=O)(=O)c2sccc2Br)c(Cl)c1. The fourth-order valence-electron chi connectivity index (χ4n) is 1.36. The molecule has 10 heteroatoms. The molecule has 0 spiro atoms. The number of anilines is 1. The fourth-order valence-corrected chi connectivity index (χ4v) is 5.06. The van der Waals surface area contributed by atoms with E-state index in [0.717, 1.165) is 17.4 Å². The molecule has 1 aromatic carbocycles. The minimum absolute atomic E-state index is 0.0459. The molecule has 0 amide bonds. The number of nitro groups is 1. The van der Waals surface area contributed by atoms with Crippen LogP contribution in [0.3, 0.4) is 0 Å². The molecule has 0 aliphatic rings. The van der Waals surface area contributed by atoms with Crippen LogP contribution in [-0.2, 0) is 10.0 Å². The number of sulfonamides is 1. The molecule has 2 aromatic rings. The average molecular weight is 398 g/mol. The first kappa shape index (κ1) is 15.2. The van der Waals surface area contributed by atoms with Crippen LogP contribution in [-0.4, -0.2) is 13.3 Å². The van der Waals surface area contributed by atoms with Crippen LogP contribution in [0.15, 0.2) is 38.3 Å². The highest BCUT2D eigenvalue weighted by Gasteiger charge is 2.21. The van der Waals surface area contributed by atoms with E-state index in [4.69, 9.17) is 11.6 Å². The molecule has 6 nitrogen and oxygen atoms in total. The van der Waals surface area contributed by atoms with E-state index in [1.165, 1.54) is 12.1 Å². The standard InChI is InChI=1S/C10H6BrClN2O4S2/c11-7-3-4-19-10(7)20(17,18)13-9-2-1-6(14(15)16)5-8(9)12/h1-5,13H. The quantitative estimate of drug-likeness (QED) is 0.626. The van der Waals surface area contributed by atoms with Crippen molar-refractivity contribution in [2.75, 3.05) is 4.72 Å². The van der Waals surface area contributed by atoms with Crippen molar-refractivity contribution in [3.05, 3.63) is 49.3 Å². The minimum atomic E-state index is -3.79. The molecule has 0 bridgehead atoms. The zero-order valence-electron chi connectivity index (χ0n) is 9.54. The Kier molecular flexibility index (Phi) is 4.33. The third-order valence-electron chi connectivity index (χ3n) is 2.24. The number of non-ortho nitro benzene ring substituents is 1. The van der Waals surface area contributed by atoms with Crippen LogP contribution in [0, 0.1) is 10.1 Å². The van der Waals surface area contributed by atoms with Gasteiger partial charge < -0.3 is 0 Å². The molecule has 1 heterocycles. The summed E-state index contributed by atoms with van der Waals surface area (Å²) in [5, 5.41) is 12.2. The second-order valence-electron chi connectivity index (χ2n) is 3.58. The Morgan fingerprint density at radius 3 is 2.55 bits per heavy atom. The molecule has 0 unspecified atom stereocenters. The number of rotatable bonds is 4. The lowest BCUT2D eigenvalue weighted by Gasteiger charge is -2.08. The van der Waals surface area contributed by atoms with Crippen molar-refractivity contribution in [1.82, 2.24) is 0 Å². The lowest BCUT2D eigenvalue weighted by atomic mass is 10.3. The Balaban J connectivity index is 2.36. The molecule has 1 aromatic heterocycles. The maximum Gasteiger partial charge on any atom is 0.272 e. The number of halogens is 2. The zero-order valence-corrected chi connectivity index (χ0v) is 13.5. The van der Waals surface area contributed by atoms with E-state index in [1.807, 2.05) is 0 Å². The molecular formula is C10H6BrClN2O4S2. The lowest BCUT2D eigenvalue weighted by Crippen LogP contribution is -2.12. The van der Waals surface area contributed by atoms with Crippen LogP contribution in [0.25, 0.3) is 0 Å². The predicted molar refractivity (Wildman–Crippen MR) is 80.9 cm³/mol. The number of benzene rings is 1. The largest absolute Gasteiger partial charge is 0.277 e. The van der Waals surface area contributed by atoms with E-state index in [2.05, 4.69) is 20.7 Å². The molecule has 20 heavy (non-hydrogen) atoms. The van der Waals surface area contributed by atoms with Gasteiger partial charge in [-0.3, -0.25) is 14.8 Å². The summed E-state index contributed by atoms with van der Waals surface area (Å²) in [7, 11) is -3.79. The summed E-state index contributed by atoms with van der Waals surface area (Å²) in [5.74, 6) is 0. The first-order valence-electron chi connectivity index (χ1n) is 5.01. The normalized spacial score (nSPS) is 11.3. The predicted octanol–water partition coefficient (Wildman–Crippen LogP) is 3.87. The molecule has 1 N–H and O–H groups in total. The van der Waals surface area contributed by atoms with Gasteiger partial charge in [-0.2, -0.15) is 0 Å². The molecule has 106 valence electrons. The van der Waals surface area contributed by atoms with Crippen molar-refractivity contribution >= 4 is 60.3 Å². The van der Waals surface area contributed by atoms with Gasteiger partial charge in [-0.25, -0.2) is 8.42 Å². The Morgan fingerprint density at radius 2 is 2.05 bits per heavy atom. The second-order valence-corrected chi connectivity index (χ2v) is 7.64. The molecule has 0 aliphatic heterocycles. The number of hydrogen-bond donors (Lipinski definition) is 1. The highest BCUT2D eigenvalue weighted by molar-refractivity contribution is 9.10. The van der Waals surface area contributed by atoms with Crippen molar-refractivity contribution in [3.63, 3.8) is 0 Å². The third-order valence-corrected chi connectivity index (χ3v) is 6.58. The van der Waals surface area contributed by atoms with E-state index in [1.54, 1.807) is 11.4 Å². The molecule has 0 saturated carbocycles. The number of nitrogens with zero attached hydrogens (tertiary/aromatic N) is 1. The van der Waals surface area contributed by atoms with Gasteiger partial charge in [0.2, 0.25) is 0 Å². The Labute approximate surface area is 131 Å². The van der Waals surface area contributed by atoms with Gasteiger partial charge in [0.25, 0.3) is 15.7 Å². The summed E-state index contributed by atoms with van der Waals surface area (Å²) in [4.78, 5) is 9.97. The van der Waals surface area contributed by atoms with Gasteiger partial charge in [0.1, 0.15) is 0 Å². The maximum atomic E-state index is 12.1. The molecule has 0 fully saturated rings. The van der Waals surface area contributed by atoms with Gasteiger partial charge in [-0.1, -0.05) is 11.6 Å². The number of nitro benzene ring substituents is 1. The third kappa shape index (κ3) is 3.11. The molecular weight excluding hydrogens is 392 g/mol. The number of hydrogen-bond acceptors (Lipinski definition) is 5. The van der Waals surface area contributed by atoms with Crippen LogP contribution >= 0.6 is 38.9 Å². The van der Waals surface area contributed by atoms with Gasteiger partial charge in [0, 0.05) is 16.6 Å². The molecule has 0 atom stereocenters. The summed E-state index contributed by atoms with van der Waals surface area (Å²) in [6.07, 6.45) is 0. The van der Waals surface area contributed by atoms with E-state index < -0.39 is 14.9 Å². The van der Waals surface area contributed by atoms with Crippen LogP contribution in [0.5, 0.6) is 0 Å². The van der Waals surface area contributed by atoms with Crippen molar-refractivity contribution in [3.8, 4) is 0 Å². The van der Waals surface area contributed by atoms with Crippen LogP contribution in [0.4, 0.5) is 11.4 Å². The van der Waals surface area contributed by atoms with E-state index in [-0.39, 0.29) is 20.6 Å². The minimum Gasteiger partial charge on any atom is -0.277 e. The Hall–Kier alpha value is -1.16. The smallest absolute Gasteiger partial charge is 0.272 e. The molecule has 2 rings (SSSR count). The van der Waals surface area contributed by atoms with Crippen molar-refractivity contribution in [2.24, 2.45) is 0 Å². The summed E-state index contributed by atoms with van der Waals surface area (Å²) in [5.41, 5.74) is -0.132. The lowest BCUT2D eigenvalue weighted by molar-refractivity contribution is -0.384. The topological polar surface area (TPSA) is 89.3 Å². The first-order valence-corrected chi connectivity index (χ1v) is 8.54. The average Bonchev–Trinajstić information content (AvgIpc) is 2.78. The summed E-state index contributed by atoms with van der Waals surface area (Å²) in [6.45, 7) is 0. The molecule has 0 aliphatic carbocycles. The van der Waals surface area contributed by atoms with Crippen molar-refractivity contribution in [2.45, 2.75) is 4.21 Å². The second kappa shape index (κ2) is 5.68. The van der Waals surface area contributed by atoms with E-state index in [9.17, 15) is 18.5 Å².